The molecule has 2 heterocycles. The Kier molecular flexibility index (Phi) is 5.28. The second-order valence-electron chi connectivity index (χ2n) is 9.23. The van der Waals surface area contributed by atoms with E-state index in [0.29, 0.717) is 17.9 Å². The van der Waals surface area contributed by atoms with E-state index in [1.54, 1.807) is 24.0 Å². The lowest BCUT2D eigenvalue weighted by molar-refractivity contribution is -0.142. The van der Waals surface area contributed by atoms with Crippen molar-refractivity contribution >= 4 is 28.8 Å². The molecule has 4 amide bonds. The zero-order valence-electron chi connectivity index (χ0n) is 18.7. The lowest BCUT2D eigenvalue weighted by atomic mass is 9.98. The number of para-hydroxylation sites is 1. The number of carbonyl (C=O) groups excluding carboxylic acids is 3. The molecule has 0 radical (unpaired) electrons. The lowest BCUT2D eigenvalue weighted by Crippen LogP contribution is -2.50. The molecule has 0 saturated carbocycles. The van der Waals surface area contributed by atoms with Gasteiger partial charge in [0.15, 0.2) is 5.54 Å². The molecule has 1 unspecified atom stereocenters. The summed E-state index contributed by atoms with van der Waals surface area (Å²) in [5.74, 6) is -0.480. The number of hydrogen-bond donors (Lipinski definition) is 1. The molecule has 1 aromatic heterocycles. The van der Waals surface area contributed by atoms with E-state index in [1.807, 2.05) is 69.3 Å². The van der Waals surface area contributed by atoms with E-state index in [0.717, 1.165) is 15.8 Å². The smallest absolute Gasteiger partial charge is 0.325 e. The van der Waals surface area contributed by atoms with E-state index < -0.39 is 23.0 Å². The van der Waals surface area contributed by atoms with Crippen molar-refractivity contribution in [1.82, 2.24) is 15.1 Å². The molecular weight excluding hydrogens is 406 g/mol. The van der Waals surface area contributed by atoms with Gasteiger partial charge in [-0.2, -0.15) is 0 Å². The van der Waals surface area contributed by atoms with Crippen LogP contribution in [0.3, 0.4) is 0 Å². The molecule has 1 atom stereocenters. The van der Waals surface area contributed by atoms with Gasteiger partial charge in [0, 0.05) is 17.5 Å². The number of fused-ring (bicyclic) bond motifs is 1. The summed E-state index contributed by atoms with van der Waals surface area (Å²) in [4.78, 5) is 41.9. The number of carbonyl (C=O) groups is 3. The zero-order chi connectivity index (χ0) is 23.1. The third kappa shape index (κ3) is 3.86. The largest absolute Gasteiger partial charge is 0.458 e. The quantitative estimate of drug-likeness (QED) is 0.616. The van der Waals surface area contributed by atoms with Gasteiger partial charge in [0.2, 0.25) is 5.91 Å². The normalized spacial score (nSPS) is 18.8. The van der Waals surface area contributed by atoms with Crippen LogP contribution in [0, 0.1) is 0 Å². The highest BCUT2D eigenvalue weighted by atomic mass is 16.3. The van der Waals surface area contributed by atoms with Crippen molar-refractivity contribution in [2.75, 3.05) is 6.54 Å². The first-order valence-corrected chi connectivity index (χ1v) is 10.6. The van der Waals surface area contributed by atoms with E-state index >= 15 is 0 Å². The van der Waals surface area contributed by atoms with Crippen molar-refractivity contribution in [1.29, 1.82) is 0 Å². The summed E-state index contributed by atoms with van der Waals surface area (Å²) in [6, 6.07) is 18.1. The highest BCUT2D eigenvalue weighted by Crippen LogP contribution is 2.33. The molecule has 1 aliphatic heterocycles. The predicted molar refractivity (Wildman–Crippen MR) is 121 cm³/mol. The number of furan rings is 1. The monoisotopic (exact) mass is 433 g/mol. The number of imide groups is 1. The second kappa shape index (κ2) is 7.82. The first-order chi connectivity index (χ1) is 15.1. The highest BCUT2D eigenvalue weighted by molar-refractivity contribution is 6.09. The van der Waals surface area contributed by atoms with E-state index in [9.17, 15) is 14.4 Å². The van der Waals surface area contributed by atoms with Gasteiger partial charge in [-0.25, -0.2) is 4.79 Å². The Morgan fingerprint density at radius 2 is 1.72 bits per heavy atom. The summed E-state index contributed by atoms with van der Waals surface area (Å²) in [5.41, 5.74) is -0.265. The molecule has 0 spiro atoms. The molecule has 1 fully saturated rings. The van der Waals surface area contributed by atoms with E-state index in [1.165, 1.54) is 0 Å². The van der Waals surface area contributed by atoms with Crippen LogP contribution in [0.5, 0.6) is 0 Å². The van der Waals surface area contributed by atoms with Gasteiger partial charge >= 0.3 is 6.03 Å². The van der Waals surface area contributed by atoms with Gasteiger partial charge in [-0.15, -0.1) is 0 Å². The first-order valence-electron chi connectivity index (χ1n) is 10.6. The topological polar surface area (TPSA) is 82.9 Å². The molecule has 3 aromatic rings. The number of urea groups is 1. The number of nitrogens with zero attached hydrogens (tertiary/aromatic N) is 2. The van der Waals surface area contributed by atoms with Gasteiger partial charge in [-0.3, -0.25) is 14.5 Å². The average Bonchev–Trinajstić information content (AvgIpc) is 3.28. The second-order valence-corrected chi connectivity index (χ2v) is 9.23. The van der Waals surface area contributed by atoms with Crippen molar-refractivity contribution in [3.05, 3.63) is 72.0 Å². The number of hydrogen-bond acceptors (Lipinski definition) is 4. The summed E-state index contributed by atoms with van der Waals surface area (Å²) in [6.07, 6.45) is 0. The standard InChI is InChI=1S/C25H27N3O4/c1-24(2,3)28(15-17-10-6-5-7-11-17)21(29)16-27-22(30)25(4,26-23(27)31)20-14-18-12-8-9-13-19(18)32-20/h5-14H,15-16H2,1-4H3,(H,26,31). The molecule has 7 nitrogen and oxygen atoms in total. The molecule has 1 aliphatic rings. The minimum Gasteiger partial charge on any atom is -0.458 e. The van der Waals surface area contributed by atoms with Gasteiger partial charge < -0.3 is 14.6 Å². The summed E-state index contributed by atoms with van der Waals surface area (Å²) in [6.45, 7) is 7.42. The number of nitrogens with one attached hydrogen (secondary N) is 1. The Morgan fingerprint density at radius 1 is 1.06 bits per heavy atom. The van der Waals surface area contributed by atoms with Crippen molar-refractivity contribution in [2.24, 2.45) is 0 Å². The van der Waals surface area contributed by atoms with Crippen LogP contribution in [0.15, 0.2) is 65.1 Å². The number of amides is 4. The Balaban J connectivity index is 1.57. The van der Waals surface area contributed by atoms with Gasteiger partial charge in [0.25, 0.3) is 5.91 Å². The van der Waals surface area contributed by atoms with Crippen LogP contribution in [-0.4, -0.2) is 39.7 Å². The van der Waals surface area contributed by atoms with Crippen molar-refractivity contribution < 1.29 is 18.8 Å². The van der Waals surface area contributed by atoms with Gasteiger partial charge in [-0.1, -0.05) is 48.5 Å². The minimum absolute atomic E-state index is 0.307. The maximum Gasteiger partial charge on any atom is 0.325 e. The summed E-state index contributed by atoms with van der Waals surface area (Å²) in [5, 5.41) is 3.55. The highest BCUT2D eigenvalue weighted by Gasteiger charge is 2.52. The maximum absolute atomic E-state index is 13.3. The van der Waals surface area contributed by atoms with Crippen LogP contribution in [0.1, 0.15) is 39.0 Å². The molecule has 1 saturated heterocycles. The van der Waals surface area contributed by atoms with E-state index in [2.05, 4.69) is 5.32 Å². The molecule has 0 aliphatic carbocycles. The van der Waals surface area contributed by atoms with Crippen molar-refractivity contribution in [3.63, 3.8) is 0 Å². The molecule has 32 heavy (non-hydrogen) atoms. The van der Waals surface area contributed by atoms with Crippen LogP contribution < -0.4 is 5.32 Å². The molecule has 166 valence electrons. The fourth-order valence-corrected chi connectivity index (χ4v) is 3.92. The van der Waals surface area contributed by atoms with Crippen LogP contribution >= 0.6 is 0 Å². The average molecular weight is 434 g/mol. The molecular formula is C25H27N3O4. The van der Waals surface area contributed by atoms with Crippen LogP contribution in [0.4, 0.5) is 4.79 Å². The molecule has 1 N–H and O–H groups in total. The van der Waals surface area contributed by atoms with Crippen molar-refractivity contribution in [2.45, 2.75) is 45.3 Å². The third-order valence-corrected chi connectivity index (χ3v) is 5.78. The van der Waals surface area contributed by atoms with E-state index in [4.69, 9.17) is 4.42 Å². The fraction of sp³-hybridized carbons (Fsp3) is 0.320. The van der Waals surface area contributed by atoms with E-state index in [-0.39, 0.29) is 12.5 Å². The van der Waals surface area contributed by atoms with Crippen LogP contribution in [0.2, 0.25) is 0 Å². The maximum atomic E-state index is 13.3. The Labute approximate surface area is 187 Å². The molecule has 2 aromatic carbocycles. The molecule has 0 bridgehead atoms. The molecule has 4 rings (SSSR count). The Hall–Kier alpha value is -3.61. The fourth-order valence-electron chi connectivity index (χ4n) is 3.92. The van der Waals surface area contributed by atoms with Crippen LogP contribution in [0.25, 0.3) is 11.0 Å². The third-order valence-electron chi connectivity index (χ3n) is 5.78. The number of benzene rings is 2. The van der Waals surface area contributed by atoms with Gasteiger partial charge in [0.05, 0.1) is 0 Å². The zero-order valence-corrected chi connectivity index (χ0v) is 18.7. The summed E-state index contributed by atoms with van der Waals surface area (Å²) < 4.78 is 5.85. The predicted octanol–water partition coefficient (Wildman–Crippen LogP) is 4.03. The molecule has 7 heteroatoms. The van der Waals surface area contributed by atoms with Crippen molar-refractivity contribution in [3.8, 4) is 0 Å². The van der Waals surface area contributed by atoms with Gasteiger partial charge in [0.1, 0.15) is 17.9 Å². The van der Waals surface area contributed by atoms with Gasteiger partial charge in [-0.05, 0) is 45.4 Å². The Bertz CT molecular complexity index is 1150. The van der Waals surface area contributed by atoms with Crippen LogP contribution in [-0.2, 0) is 21.7 Å². The lowest BCUT2D eigenvalue weighted by Gasteiger charge is -2.36. The first kappa shape index (κ1) is 21.6. The number of rotatable bonds is 5. The minimum atomic E-state index is -1.37. The Morgan fingerprint density at radius 3 is 2.38 bits per heavy atom. The summed E-state index contributed by atoms with van der Waals surface area (Å²) in [7, 11) is 0. The summed E-state index contributed by atoms with van der Waals surface area (Å²) >= 11 is 0. The SMILES string of the molecule is CC1(c2cc3ccccc3o2)NC(=O)N(CC(=O)N(Cc2ccccc2)C(C)(C)C)C1=O.